The van der Waals surface area contributed by atoms with E-state index >= 15 is 0 Å². The van der Waals surface area contributed by atoms with E-state index in [1.165, 1.54) is 40.0 Å². The highest BCUT2D eigenvalue weighted by atomic mass is 79.9. The van der Waals surface area contributed by atoms with E-state index in [0.29, 0.717) is 11.3 Å². The molecule has 0 aliphatic carbocycles. The van der Waals surface area contributed by atoms with E-state index in [1.54, 1.807) is 18.3 Å². The van der Waals surface area contributed by atoms with Crippen LogP contribution in [0, 0.1) is 0 Å². The summed E-state index contributed by atoms with van der Waals surface area (Å²) in [4.78, 5) is 57.3. The second kappa shape index (κ2) is 7.37. The van der Waals surface area contributed by atoms with Gasteiger partial charge in [-0.1, -0.05) is 0 Å². The first-order valence-electron chi connectivity index (χ1n) is 8.70. The zero-order valence-electron chi connectivity index (χ0n) is 15.9. The quantitative estimate of drug-likeness (QED) is 0.379. The van der Waals surface area contributed by atoms with E-state index in [-0.39, 0.29) is 29.9 Å². The summed E-state index contributed by atoms with van der Waals surface area (Å²) in [7, 11) is 2.84. The number of nitrogens with zero attached hydrogens (tertiary/aromatic N) is 6. The Bertz CT molecular complexity index is 1500. The van der Waals surface area contributed by atoms with Gasteiger partial charge < -0.3 is 9.30 Å². The summed E-state index contributed by atoms with van der Waals surface area (Å²) in [6.07, 6.45) is 2.89. The number of hydrogen-bond acceptors (Lipinski definition) is 7. The molecule has 4 rings (SSSR count). The highest BCUT2D eigenvalue weighted by molar-refractivity contribution is 9.10. The first kappa shape index (κ1) is 19.8. The van der Waals surface area contributed by atoms with Crippen LogP contribution in [0.3, 0.4) is 0 Å². The Morgan fingerprint density at radius 2 is 1.93 bits per heavy atom. The average Bonchev–Trinajstić information content (AvgIpc) is 3.13. The normalized spacial score (nSPS) is 11.3. The van der Waals surface area contributed by atoms with Crippen molar-refractivity contribution in [1.82, 2.24) is 28.1 Å². The third-order valence-corrected chi connectivity index (χ3v) is 5.04. The van der Waals surface area contributed by atoms with E-state index < -0.39 is 17.2 Å². The van der Waals surface area contributed by atoms with Crippen molar-refractivity contribution in [3.05, 3.63) is 72.1 Å². The number of carbonyl (C=O) groups is 1. The summed E-state index contributed by atoms with van der Waals surface area (Å²) >= 11 is 3.29. The zero-order valence-corrected chi connectivity index (χ0v) is 17.5. The Morgan fingerprint density at radius 1 is 1.17 bits per heavy atom. The standard InChI is InChI=1S/C18H15BrN6O5/c1-22-16-15(17(28)23(2)18(22)29)24(9-20-16)7-14(27)30-8-11-5-13(26)25-6-10(19)3-4-12(25)21-11/h3-6,9H,7-8H2,1-2H3. The van der Waals surface area contributed by atoms with Crippen molar-refractivity contribution in [1.29, 1.82) is 0 Å². The molecule has 4 aromatic rings. The molecular weight excluding hydrogens is 460 g/mol. The van der Waals surface area contributed by atoms with Gasteiger partial charge in [0.2, 0.25) is 0 Å². The molecule has 0 aliphatic heterocycles. The van der Waals surface area contributed by atoms with Gasteiger partial charge in [0.05, 0.1) is 12.0 Å². The predicted octanol–water partition coefficient (Wildman–Crippen LogP) is -0.0525. The molecule has 11 nitrogen and oxygen atoms in total. The minimum atomic E-state index is -0.650. The van der Waals surface area contributed by atoms with Gasteiger partial charge >= 0.3 is 11.7 Å². The first-order valence-corrected chi connectivity index (χ1v) is 9.50. The maximum atomic E-state index is 12.4. The van der Waals surface area contributed by atoms with Gasteiger partial charge in [0.1, 0.15) is 18.8 Å². The average molecular weight is 475 g/mol. The van der Waals surface area contributed by atoms with Crippen LogP contribution in [0.1, 0.15) is 5.69 Å². The van der Waals surface area contributed by atoms with E-state index in [1.807, 2.05) is 0 Å². The lowest BCUT2D eigenvalue weighted by Crippen LogP contribution is -2.37. The Balaban J connectivity index is 1.56. The van der Waals surface area contributed by atoms with Crippen LogP contribution >= 0.6 is 15.9 Å². The number of hydrogen-bond donors (Lipinski definition) is 0. The number of esters is 1. The van der Waals surface area contributed by atoms with Crippen LogP contribution in [0.2, 0.25) is 0 Å². The van der Waals surface area contributed by atoms with E-state index in [9.17, 15) is 19.2 Å². The largest absolute Gasteiger partial charge is 0.458 e. The lowest BCUT2D eigenvalue weighted by Gasteiger charge is -2.08. The van der Waals surface area contributed by atoms with Crippen molar-refractivity contribution in [2.24, 2.45) is 14.1 Å². The number of ether oxygens (including phenoxy) is 1. The Labute approximate surface area is 175 Å². The van der Waals surface area contributed by atoms with Crippen LogP contribution in [-0.4, -0.2) is 34.0 Å². The molecule has 12 heteroatoms. The predicted molar refractivity (Wildman–Crippen MR) is 109 cm³/mol. The molecule has 0 saturated heterocycles. The highest BCUT2D eigenvalue weighted by Crippen LogP contribution is 2.10. The summed E-state index contributed by atoms with van der Waals surface area (Å²) < 4.78 is 10.8. The Hall–Kier alpha value is -3.54. The number of fused-ring (bicyclic) bond motifs is 2. The summed E-state index contributed by atoms with van der Waals surface area (Å²) in [5.41, 5.74) is -0.381. The molecule has 0 bridgehead atoms. The van der Waals surface area contributed by atoms with Crippen molar-refractivity contribution >= 4 is 38.7 Å². The Morgan fingerprint density at radius 3 is 2.70 bits per heavy atom. The van der Waals surface area contributed by atoms with Crippen molar-refractivity contribution < 1.29 is 9.53 Å². The fourth-order valence-corrected chi connectivity index (χ4v) is 3.39. The minimum Gasteiger partial charge on any atom is -0.458 e. The van der Waals surface area contributed by atoms with Crippen LogP contribution in [0.25, 0.3) is 16.8 Å². The van der Waals surface area contributed by atoms with Gasteiger partial charge in [-0.05, 0) is 28.1 Å². The van der Waals surface area contributed by atoms with Gasteiger partial charge in [-0.15, -0.1) is 0 Å². The van der Waals surface area contributed by atoms with Crippen LogP contribution in [0.4, 0.5) is 0 Å². The molecule has 0 saturated carbocycles. The van der Waals surface area contributed by atoms with Gasteiger partial charge in [0.15, 0.2) is 11.2 Å². The second-order valence-corrected chi connectivity index (χ2v) is 7.49. The molecule has 0 N–H and O–H groups in total. The Kier molecular flexibility index (Phi) is 4.86. The maximum Gasteiger partial charge on any atom is 0.332 e. The number of aryl methyl sites for hydroxylation is 1. The number of aromatic nitrogens is 6. The fourth-order valence-electron chi connectivity index (χ4n) is 3.06. The summed E-state index contributed by atoms with van der Waals surface area (Å²) in [5, 5.41) is 0. The fraction of sp³-hybridized carbons (Fsp3) is 0.222. The molecule has 30 heavy (non-hydrogen) atoms. The molecular formula is C18H15BrN6O5. The number of imidazole rings is 1. The van der Waals surface area contributed by atoms with Crippen LogP contribution in [-0.2, 0) is 36.8 Å². The van der Waals surface area contributed by atoms with Crippen molar-refractivity contribution in [3.63, 3.8) is 0 Å². The van der Waals surface area contributed by atoms with E-state index in [4.69, 9.17) is 4.74 Å². The summed E-state index contributed by atoms with van der Waals surface area (Å²) in [6, 6.07) is 4.69. The summed E-state index contributed by atoms with van der Waals surface area (Å²) in [5.74, 6) is -0.650. The topological polar surface area (TPSA) is 122 Å². The van der Waals surface area contributed by atoms with E-state index in [2.05, 4.69) is 25.9 Å². The minimum absolute atomic E-state index is 0.115. The van der Waals surface area contributed by atoms with Crippen molar-refractivity contribution in [3.8, 4) is 0 Å². The SMILES string of the molecule is Cn1c(=O)c2c(ncn2CC(=O)OCc2cc(=O)n3cc(Br)ccc3n2)n(C)c1=O. The molecule has 154 valence electrons. The molecule has 0 aliphatic rings. The number of pyridine rings is 1. The molecule has 0 radical (unpaired) electrons. The van der Waals surface area contributed by atoms with Gasteiger partial charge in [0.25, 0.3) is 11.1 Å². The smallest absolute Gasteiger partial charge is 0.332 e. The monoisotopic (exact) mass is 474 g/mol. The lowest BCUT2D eigenvalue weighted by atomic mass is 10.4. The van der Waals surface area contributed by atoms with Crippen molar-refractivity contribution in [2.75, 3.05) is 0 Å². The molecule has 0 unspecified atom stereocenters. The number of halogens is 1. The van der Waals surface area contributed by atoms with Crippen LogP contribution in [0.15, 0.2) is 49.6 Å². The molecule has 0 aromatic carbocycles. The van der Waals surface area contributed by atoms with Gasteiger partial charge in [-0.3, -0.25) is 27.9 Å². The third kappa shape index (κ3) is 3.34. The first-order chi connectivity index (χ1) is 14.3. The number of rotatable bonds is 4. The van der Waals surface area contributed by atoms with Crippen molar-refractivity contribution in [2.45, 2.75) is 13.2 Å². The molecule has 0 spiro atoms. The molecule has 0 fully saturated rings. The lowest BCUT2D eigenvalue weighted by molar-refractivity contribution is -0.145. The third-order valence-electron chi connectivity index (χ3n) is 4.57. The summed E-state index contributed by atoms with van der Waals surface area (Å²) in [6.45, 7) is -0.493. The molecule has 4 aromatic heterocycles. The highest BCUT2D eigenvalue weighted by Gasteiger charge is 2.16. The second-order valence-electron chi connectivity index (χ2n) is 6.57. The van der Waals surface area contributed by atoms with Crippen LogP contribution < -0.4 is 16.8 Å². The number of carbonyl (C=O) groups excluding carboxylic acids is 1. The molecule has 4 heterocycles. The van der Waals surface area contributed by atoms with Gasteiger partial charge in [0, 0.05) is 30.8 Å². The van der Waals surface area contributed by atoms with Gasteiger partial charge in [-0.2, -0.15) is 0 Å². The molecule has 0 atom stereocenters. The van der Waals surface area contributed by atoms with Crippen LogP contribution in [0.5, 0.6) is 0 Å². The maximum absolute atomic E-state index is 12.4. The molecule has 0 amide bonds. The van der Waals surface area contributed by atoms with E-state index in [0.717, 1.165) is 9.04 Å². The van der Waals surface area contributed by atoms with Gasteiger partial charge in [-0.25, -0.2) is 14.8 Å². The zero-order chi connectivity index (χ0) is 21.6.